The molecule has 0 saturated carbocycles. The topological polar surface area (TPSA) is 36.9 Å². The van der Waals surface area contributed by atoms with E-state index < -0.39 is 0 Å². The van der Waals surface area contributed by atoms with Crippen LogP contribution in [-0.2, 0) is 0 Å². The standard InChI is InChI=1S/C70H76O4/c1-5-9-13-27-39-71-63-45-57-55-43-61-62(68(50-33-21-18-22-34-50)70-54-38-26-24-36-52(54)51-35-23-25-37-53(51)69(70)67(61)49-31-19-17-20-32-49)44-56(55)58-46-64(72-40-28-14-10-6-2)66(74-42-30-16-12-8-4)48-60(58)59(57)47-65(63)73-41-29-15-11-7-3/h17-26,31-38,43-48H,5-16,27-30,39-42H2,1-4H3. The van der Waals surface area contributed by atoms with Gasteiger partial charge in [-0.05, 0) is 160 Å². The van der Waals surface area contributed by atoms with E-state index in [2.05, 4.69) is 173 Å². The Balaban J connectivity index is 1.35. The molecule has 0 bridgehead atoms. The van der Waals surface area contributed by atoms with Gasteiger partial charge in [-0.25, -0.2) is 0 Å². The number of unbranched alkanes of at least 4 members (excludes halogenated alkanes) is 12. The van der Waals surface area contributed by atoms with Gasteiger partial charge < -0.3 is 18.9 Å². The van der Waals surface area contributed by atoms with E-state index in [4.69, 9.17) is 18.9 Å². The molecule has 10 rings (SSSR count). The van der Waals surface area contributed by atoms with Crippen molar-refractivity contribution in [3.63, 3.8) is 0 Å². The van der Waals surface area contributed by atoms with Crippen molar-refractivity contribution < 1.29 is 18.9 Å². The fourth-order valence-corrected chi connectivity index (χ4v) is 11.5. The second kappa shape index (κ2) is 24.5. The summed E-state index contributed by atoms with van der Waals surface area (Å²) in [5.74, 6) is 3.25. The Hall–Kier alpha value is -6.78. The Kier molecular flexibility index (Phi) is 16.8. The Morgan fingerprint density at radius 3 is 0.811 bits per heavy atom. The lowest BCUT2D eigenvalue weighted by Gasteiger charge is -2.23. The van der Waals surface area contributed by atoms with Crippen LogP contribution >= 0.6 is 0 Å². The van der Waals surface area contributed by atoms with Crippen molar-refractivity contribution in [1.82, 2.24) is 0 Å². The van der Waals surface area contributed by atoms with Crippen molar-refractivity contribution in [1.29, 1.82) is 0 Å². The molecule has 0 aromatic heterocycles. The van der Waals surface area contributed by atoms with Gasteiger partial charge in [0.15, 0.2) is 23.0 Å². The van der Waals surface area contributed by atoms with E-state index in [0.29, 0.717) is 26.4 Å². The number of hydrogen-bond acceptors (Lipinski definition) is 4. The Morgan fingerprint density at radius 1 is 0.243 bits per heavy atom. The van der Waals surface area contributed by atoms with Crippen molar-refractivity contribution in [2.45, 2.75) is 130 Å². The summed E-state index contributed by atoms with van der Waals surface area (Å²) in [5, 5.41) is 16.9. The van der Waals surface area contributed by atoms with E-state index in [1.165, 1.54) is 127 Å². The zero-order valence-electron chi connectivity index (χ0n) is 44.6. The van der Waals surface area contributed by atoms with E-state index >= 15 is 0 Å². The van der Waals surface area contributed by atoms with Crippen LogP contribution in [0, 0.1) is 0 Å². The first kappa shape index (κ1) is 50.7. The molecule has 0 radical (unpaired) electrons. The average molecular weight is 981 g/mol. The molecule has 0 unspecified atom stereocenters. The summed E-state index contributed by atoms with van der Waals surface area (Å²) in [7, 11) is 0. The number of rotatable bonds is 26. The lowest BCUT2D eigenvalue weighted by molar-refractivity contribution is 0.259. The predicted octanol–water partition coefficient (Wildman–Crippen LogP) is 20.9. The van der Waals surface area contributed by atoms with E-state index in [-0.39, 0.29) is 0 Å². The fraction of sp³-hybridized carbons (Fsp3) is 0.343. The quantitative estimate of drug-likeness (QED) is 0.0308. The van der Waals surface area contributed by atoms with Gasteiger partial charge >= 0.3 is 0 Å². The molecule has 0 aliphatic rings. The van der Waals surface area contributed by atoms with Crippen LogP contribution < -0.4 is 18.9 Å². The lowest BCUT2D eigenvalue weighted by atomic mass is 9.80. The fourth-order valence-electron chi connectivity index (χ4n) is 11.5. The maximum atomic E-state index is 6.87. The normalized spacial score (nSPS) is 11.8. The van der Waals surface area contributed by atoms with Crippen LogP contribution in [0.2, 0.25) is 0 Å². The summed E-state index contributed by atoms with van der Waals surface area (Å²) >= 11 is 0. The highest BCUT2D eigenvalue weighted by atomic mass is 16.5. The maximum Gasteiger partial charge on any atom is 0.161 e. The van der Waals surface area contributed by atoms with Gasteiger partial charge in [-0.2, -0.15) is 0 Å². The van der Waals surface area contributed by atoms with Crippen molar-refractivity contribution in [3.05, 3.63) is 146 Å². The molecule has 4 heteroatoms. The molecule has 10 aromatic rings. The SMILES string of the molecule is CCCCCCOc1cc2c3cc(OCCCCCC)c(OCCCCCC)cc3c3cc4c(-c5ccccc5)c5c6ccccc6c6ccccc6c5c(-c5ccccc5)c4cc3c2cc1OCCCCCC. The molecular weight excluding hydrogens is 905 g/mol. The molecule has 0 saturated heterocycles. The van der Waals surface area contributed by atoms with Gasteiger partial charge in [0.1, 0.15) is 0 Å². The number of benzene rings is 10. The van der Waals surface area contributed by atoms with Crippen molar-refractivity contribution in [2.24, 2.45) is 0 Å². The van der Waals surface area contributed by atoms with Gasteiger partial charge in [-0.1, -0.05) is 214 Å². The Morgan fingerprint density at radius 2 is 0.514 bits per heavy atom. The summed E-state index contributed by atoms with van der Waals surface area (Å²) in [6, 6.07) is 54.5. The van der Waals surface area contributed by atoms with Crippen LogP contribution in [0.15, 0.2) is 146 Å². The van der Waals surface area contributed by atoms with Crippen molar-refractivity contribution in [3.8, 4) is 45.3 Å². The van der Waals surface area contributed by atoms with Gasteiger partial charge in [-0.15, -0.1) is 0 Å². The van der Waals surface area contributed by atoms with Crippen LogP contribution in [0.25, 0.3) is 97.7 Å². The molecule has 0 amide bonds. The molecule has 0 aliphatic carbocycles. The number of hydrogen-bond donors (Lipinski definition) is 0. The molecule has 4 nitrogen and oxygen atoms in total. The van der Waals surface area contributed by atoms with Crippen LogP contribution in [0.4, 0.5) is 0 Å². The third-order valence-corrected chi connectivity index (χ3v) is 15.3. The number of fused-ring (bicyclic) bond motifs is 13. The zero-order valence-corrected chi connectivity index (χ0v) is 44.6. The molecule has 0 fully saturated rings. The molecule has 380 valence electrons. The molecule has 0 aliphatic heterocycles. The van der Waals surface area contributed by atoms with Crippen LogP contribution in [0.5, 0.6) is 23.0 Å². The number of ether oxygens (including phenoxy) is 4. The van der Waals surface area contributed by atoms with E-state index in [0.717, 1.165) is 95.9 Å². The van der Waals surface area contributed by atoms with E-state index in [1.807, 2.05) is 0 Å². The van der Waals surface area contributed by atoms with Crippen LogP contribution in [-0.4, -0.2) is 26.4 Å². The van der Waals surface area contributed by atoms with Gasteiger partial charge in [0, 0.05) is 0 Å². The largest absolute Gasteiger partial charge is 0.490 e. The van der Waals surface area contributed by atoms with Crippen molar-refractivity contribution >= 4 is 75.4 Å². The lowest BCUT2D eigenvalue weighted by Crippen LogP contribution is -2.04. The van der Waals surface area contributed by atoms with Gasteiger partial charge in [0.05, 0.1) is 26.4 Å². The highest BCUT2D eigenvalue weighted by Crippen LogP contribution is 2.52. The van der Waals surface area contributed by atoms with Crippen LogP contribution in [0.3, 0.4) is 0 Å². The minimum Gasteiger partial charge on any atom is -0.490 e. The summed E-state index contributed by atoms with van der Waals surface area (Å²) in [4.78, 5) is 0. The molecule has 0 N–H and O–H groups in total. The molecule has 74 heavy (non-hydrogen) atoms. The summed E-state index contributed by atoms with van der Waals surface area (Å²) < 4.78 is 27.4. The molecule has 0 heterocycles. The molecule has 10 aromatic carbocycles. The third kappa shape index (κ3) is 10.6. The molecule has 0 atom stereocenters. The van der Waals surface area contributed by atoms with Gasteiger partial charge in [0.2, 0.25) is 0 Å². The zero-order chi connectivity index (χ0) is 50.6. The van der Waals surface area contributed by atoms with E-state index in [9.17, 15) is 0 Å². The second-order valence-electron chi connectivity index (χ2n) is 20.6. The molecule has 0 spiro atoms. The predicted molar refractivity (Wildman–Crippen MR) is 318 cm³/mol. The van der Waals surface area contributed by atoms with Gasteiger partial charge in [0.25, 0.3) is 0 Å². The Labute approximate surface area is 440 Å². The first-order valence-corrected chi connectivity index (χ1v) is 28.5. The van der Waals surface area contributed by atoms with E-state index in [1.54, 1.807) is 0 Å². The first-order valence-electron chi connectivity index (χ1n) is 28.5. The Bertz CT molecular complexity index is 3270. The highest BCUT2D eigenvalue weighted by molar-refractivity contribution is 6.38. The third-order valence-electron chi connectivity index (χ3n) is 15.3. The minimum absolute atomic E-state index is 0.646. The highest BCUT2D eigenvalue weighted by Gasteiger charge is 2.25. The average Bonchev–Trinajstić information content (AvgIpc) is 3.50. The summed E-state index contributed by atoms with van der Waals surface area (Å²) in [6.07, 6.45) is 18.1. The first-order chi connectivity index (χ1) is 36.6. The smallest absolute Gasteiger partial charge is 0.161 e. The summed E-state index contributed by atoms with van der Waals surface area (Å²) in [5.41, 5.74) is 4.88. The molecular formula is C70H76O4. The monoisotopic (exact) mass is 981 g/mol. The van der Waals surface area contributed by atoms with Crippen LogP contribution in [0.1, 0.15) is 130 Å². The van der Waals surface area contributed by atoms with Gasteiger partial charge in [-0.3, -0.25) is 0 Å². The maximum absolute atomic E-state index is 6.87. The van der Waals surface area contributed by atoms with Crippen molar-refractivity contribution in [2.75, 3.05) is 26.4 Å². The second-order valence-corrected chi connectivity index (χ2v) is 20.6. The summed E-state index contributed by atoms with van der Waals surface area (Å²) in [6.45, 7) is 11.6. The minimum atomic E-state index is 0.646.